The Kier molecular flexibility index (Phi) is 5.01. The smallest absolute Gasteiger partial charge is 0.224 e. The number of fused-ring (bicyclic) bond motifs is 2. The van der Waals surface area contributed by atoms with Crippen molar-refractivity contribution in [2.45, 2.75) is 19.4 Å². The first kappa shape index (κ1) is 19.1. The van der Waals surface area contributed by atoms with Crippen LogP contribution in [0.25, 0.3) is 21.8 Å². The summed E-state index contributed by atoms with van der Waals surface area (Å²) < 4.78 is 0. The van der Waals surface area contributed by atoms with E-state index in [2.05, 4.69) is 67.7 Å². The molecular weight excluding hydrogens is 386 g/mol. The van der Waals surface area contributed by atoms with Crippen LogP contribution in [0.4, 0.5) is 11.8 Å². The summed E-state index contributed by atoms with van der Waals surface area (Å²) >= 11 is 0. The predicted molar refractivity (Wildman–Crippen MR) is 126 cm³/mol. The van der Waals surface area contributed by atoms with Crippen molar-refractivity contribution in [2.24, 2.45) is 5.73 Å². The van der Waals surface area contributed by atoms with E-state index in [1.54, 1.807) is 6.20 Å². The summed E-state index contributed by atoms with van der Waals surface area (Å²) in [5, 5.41) is 5.67. The van der Waals surface area contributed by atoms with Crippen molar-refractivity contribution in [3.63, 3.8) is 0 Å². The van der Waals surface area contributed by atoms with Crippen molar-refractivity contribution in [3.8, 4) is 0 Å². The Labute approximate surface area is 179 Å². The van der Waals surface area contributed by atoms with Gasteiger partial charge in [-0.1, -0.05) is 12.1 Å². The molecule has 0 fully saturated rings. The van der Waals surface area contributed by atoms with Crippen LogP contribution in [0.5, 0.6) is 0 Å². The van der Waals surface area contributed by atoms with Gasteiger partial charge in [0.1, 0.15) is 5.82 Å². The van der Waals surface area contributed by atoms with E-state index >= 15 is 0 Å². The minimum Gasteiger partial charge on any atom is -0.383 e. The van der Waals surface area contributed by atoms with Gasteiger partial charge in [0, 0.05) is 53.5 Å². The molecule has 7 heteroatoms. The Morgan fingerprint density at radius 2 is 1.81 bits per heavy atom. The van der Waals surface area contributed by atoms with E-state index in [9.17, 15) is 0 Å². The second-order valence-electron chi connectivity index (χ2n) is 7.77. The molecule has 2 aromatic carbocycles. The van der Waals surface area contributed by atoms with Gasteiger partial charge in [0.05, 0.1) is 0 Å². The number of nitrogens with one attached hydrogen (secondary N) is 3. The molecule has 0 radical (unpaired) electrons. The highest BCUT2D eigenvalue weighted by atomic mass is 15.1. The molecule has 31 heavy (non-hydrogen) atoms. The van der Waals surface area contributed by atoms with Crippen LogP contribution in [-0.2, 0) is 19.4 Å². The van der Waals surface area contributed by atoms with E-state index < -0.39 is 0 Å². The number of hydrogen-bond donors (Lipinski definition) is 5. The molecule has 3 aromatic heterocycles. The number of nitrogens with two attached hydrogens (primary N) is 2. The lowest BCUT2D eigenvalue weighted by Gasteiger charge is -2.09. The fraction of sp³-hybridized carbons (Fsp3) is 0.167. The molecule has 3 heterocycles. The normalized spacial score (nSPS) is 11.4. The monoisotopic (exact) mass is 411 g/mol. The number of hydrogen-bond acceptors (Lipinski definition) is 5. The molecule has 7 N–H and O–H groups in total. The fourth-order valence-electron chi connectivity index (χ4n) is 3.95. The third kappa shape index (κ3) is 3.95. The van der Waals surface area contributed by atoms with Gasteiger partial charge in [-0.15, -0.1) is 0 Å². The minimum atomic E-state index is 0.498. The molecule has 0 aliphatic heterocycles. The summed E-state index contributed by atoms with van der Waals surface area (Å²) in [6.45, 7) is 1.25. The topological polar surface area (TPSA) is 121 Å². The largest absolute Gasteiger partial charge is 0.383 e. The van der Waals surface area contributed by atoms with E-state index in [-0.39, 0.29) is 0 Å². The van der Waals surface area contributed by atoms with Gasteiger partial charge >= 0.3 is 0 Å². The molecule has 156 valence electrons. The van der Waals surface area contributed by atoms with Crippen LogP contribution in [0.2, 0.25) is 0 Å². The molecule has 0 spiro atoms. The number of anilines is 2. The SMILES string of the molecule is NCCc1c[nH]c2ccc(CNc3ncc(Cc4ccc5[nH]ccc5c4)c(N)n3)cc12. The first-order chi connectivity index (χ1) is 15.2. The lowest BCUT2D eigenvalue weighted by molar-refractivity contribution is 0.976. The Bertz CT molecular complexity index is 1350. The molecule has 0 bridgehead atoms. The van der Waals surface area contributed by atoms with E-state index in [4.69, 9.17) is 11.5 Å². The second kappa shape index (κ2) is 8.12. The Balaban J connectivity index is 1.28. The molecule has 5 rings (SSSR count). The molecule has 0 amide bonds. The molecule has 0 aliphatic rings. The fourth-order valence-corrected chi connectivity index (χ4v) is 3.95. The van der Waals surface area contributed by atoms with E-state index in [1.165, 1.54) is 21.9 Å². The number of nitrogen functional groups attached to an aromatic ring is 1. The Morgan fingerprint density at radius 1 is 0.935 bits per heavy atom. The number of aromatic amines is 2. The van der Waals surface area contributed by atoms with Gasteiger partial charge in [0.15, 0.2) is 0 Å². The Hall–Kier alpha value is -3.84. The average molecular weight is 412 g/mol. The molecule has 0 aliphatic carbocycles. The number of rotatable bonds is 7. The highest BCUT2D eigenvalue weighted by Gasteiger charge is 2.08. The van der Waals surface area contributed by atoms with E-state index in [0.29, 0.717) is 31.3 Å². The van der Waals surface area contributed by atoms with E-state index in [1.807, 2.05) is 12.4 Å². The lowest BCUT2D eigenvalue weighted by atomic mass is 10.1. The second-order valence-corrected chi connectivity index (χ2v) is 7.77. The maximum atomic E-state index is 6.23. The first-order valence-electron chi connectivity index (χ1n) is 10.4. The third-order valence-corrected chi connectivity index (χ3v) is 5.61. The van der Waals surface area contributed by atoms with Crippen LogP contribution >= 0.6 is 0 Å². The Morgan fingerprint density at radius 3 is 2.68 bits per heavy atom. The van der Waals surface area contributed by atoms with Crippen molar-refractivity contribution >= 4 is 33.6 Å². The van der Waals surface area contributed by atoms with Crippen LogP contribution < -0.4 is 16.8 Å². The standard InChI is InChI=1S/C24H25N7/c25-7-5-18-13-28-22-4-2-16(11-20(18)22)12-29-24-30-14-19(23(26)31-24)10-15-1-3-21-17(9-15)6-8-27-21/h1-4,6,8-9,11,13-14,27-28H,5,7,10,12,25H2,(H3,26,29,30,31). The van der Waals surface area contributed by atoms with Gasteiger partial charge in [0.2, 0.25) is 5.95 Å². The summed E-state index contributed by atoms with van der Waals surface area (Å²) in [7, 11) is 0. The number of nitrogens with zero attached hydrogens (tertiary/aromatic N) is 2. The highest BCUT2D eigenvalue weighted by molar-refractivity contribution is 5.84. The molecule has 0 saturated carbocycles. The minimum absolute atomic E-state index is 0.498. The molecular formula is C24H25N7. The zero-order chi connectivity index (χ0) is 21.2. The summed E-state index contributed by atoms with van der Waals surface area (Å²) in [5.74, 6) is 1.02. The third-order valence-electron chi connectivity index (χ3n) is 5.61. The van der Waals surface area contributed by atoms with Gasteiger partial charge in [-0.2, -0.15) is 4.98 Å². The number of aromatic nitrogens is 4. The molecule has 7 nitrogen and oxygen atoms in total. The van der Waals surface area contributed by atoms with Gasteiger partial charge in [-0.3, -0.25) is 0 Å². The van der Waals surface area contributed by atoms with Crippen molar-refractivity contribution in [1.29, 1.82) is 0 Å². The molecule has 0 unspecified atom stereocenters. The maximum Gasteiger partial charge on any atom is 0.224 e. The average Bonchev–Trinajstić information content (AvgIpc) is 3.41. The van der Waals surface area contributed by atoms with Gasteiger partial charge < -0.3 is 26.8 Å². The van der Waals surface area contributed by atoms with E-state index in [0.717, 1.165) is 28.6 Å². The maximum absolute atomic E-state index is 6.23. The van der Waals surface area contributed by atoms with Crippen molar-refractivity contribution in [2.75, 3.05) is 17.6 Å². The van der Waals surface area contributed by atoms with Crippen LogP contribution in [-0.4, -0.2) is 26.5 Å². The summed E-state index contributed by atoms with van der Waals surface area (Å²) in [6.07, 6.45) is 7.33. The van der Waals surface area contributed by atoms with Crippen molar-refractivity contribution in [3.05, 3.63) is 83.3 Å². The van der Waals surface area contributed by atoms with Crippen LogP contribution in [0.1, 0.15) is 22.3 Å². The molecule has 0 atom stereocenters. The summed E-state index contributed by atoms with van der Waals surface area (Å²) in [6, 6.07) is 14.8. The van der Waals surface area contributed by atoms with Crippen molar-refractivity contribution < 1.29 is 0 Å². The summed E-state index contributed by atoms with van der Waals surface area (Å²) in [4.78, 5) is 15.4. The van der Waals surface area contributed by atoms with Crippen molar-refractivity contribution in [1.82, 2.24) is 19.9 Å². The molecule has 5 aromatic rings. The van der Waals surface area contributed by atoms with Crippen LogP contribution in [0, 0.1) is 0 Å². The first-order valence-corrected chi connectivity index (χ1v) is 10.4. The summed E-state index contributed by atoms with van der Waals surface area (Å²) in [5.41, 5.74) is 18.7. The van der Waals surface area contributed by atoms with Gasteiger partial charge in [0.25, 0.3) is 0 Å². The van der Waals surface area contributed by atoms with Crippen LogP contribution in [0.3, 0.4) is 0 Å². The zero-order valence-corrected chi connectivity index (χ0v) is 17.2. The quantitative estimate of drug-likeness (QED) is 0.279. The molecule has 0 saturated heterocycles. The number of benzene rings is 2. The van der Waals surface area contributed by atoms with Gasteiger partial charge in [-0.05, 0) is 65.4 Å². The number of H-pyrrole nitrogens is 2. The highest BCUT2D eigenvalue weighted by Crippen LogP contribution is 2.22. The predicted octanol–water partition coefficient (Wildman–Crippen LogP) is 3.73. The van der Waals surface area contributed by atoms with Gasteiger partial charge in [-0.25, -0.2) is 4.98 Å². The van der Waals surface area contributed by atoms with Crippen LogP contribution in [0.15, 0.2) is 61.1 Å². The lowest BCUT2D eigenvalue weighted by Crippen LogP contribution is -2.07. The zero-order valence-electron chi connectivity index (χ0n) is 17.2.